The van der Waals surface area contributed by atoms with E-state index >= 15 is 0 Å². The number of aromatic nitrogens is 3. The zero-order valence-electron chi connectivity index (χ0n) is 16.2. The summed E-state index contributed by atoms with van der Waals surface area (Å²) in [5, 5.41) is 11.7. The lowest BCUT2D eigenvalue weighted by Crippen LogP contribution is -2.23. The molecule has 0 spiro atoms. The van der Waals surface area contributed by atoms with E-state index in [1.807, 2.05) is 54.9 Å². The molecule has 1 heterocycles. The van der Waals surface area contributed by atoms with Gasteiger partial charge in [-0.1, -0.05) is 36.0 Å². The van der Waals surface area contributed by atoms with Gasteiger partial charge >= 0.3 is 0 Å². The van der Waals surface area contributed by atoms with Crippen LogP contribution < -0.4 is 14.8 Å². The van der Waals surface area contributed by atoms with Gasteiger partial charge in [0.2, 0.25) is 5.91 Å². The van der Waals surface area contributed by atoms with Crippen molar-refractivity contribution in [3.63, 3.8) is 0 Å². The fourth-order valence-electron chi connectivity index (χ4n) is 2.68. The Balaban J connectivity index is 1.75. The van der Waals surface area contributed by atoms with Gasteiger partial charge in [-0.15, -0.1) is 10.2 Å². The number of benzene rings is 2. The van der Waals surface area contributed by atoms with Gasteiger partial charge in [0.05, 0.1) is 30.7 Å². The number of methoxy groups -OCH3 is 2. The predicted molar refractivity (Wildman–Crippen MR) is 110 cm³/mol. The molecule has 1 aromatic heterocycles. The molecule has 2 aromatic carbocycles. The van der Waals surface area contributed by atoms with Gasteiger partial charge in [0.15, 0.2) is 11.0 Å². The van der Waals surface area contributed by atoms with E-state index in [0.717, 1.165) is 11.3 Å². The van der Waals surface area contributed by atoms with E-state index in [-0.39, 0.29) is 11.2 Å². The number of hydrogen-bond donors (Lipinski definition) is 1. The van der Waals surface area contributed by atoms with Gasteiger partial charge in [-0.05, 0) is 31.2 Å². The van der Waals surface area contributed by atoms with Gasteiger partial charge in [0.1, 0.15) is 11.5 Å². The van der Waals surface area contributed by atoms with Gasteiger partial charge in [0.25, 0.3) is 0 Å². The van der Waals surface area contributed by atoms with Gasteiger partial charge in [-0.2, -0.15) is 0 Å². The first-order chi connectivity index (χ1) is 13.5. The second-order valence-corrected chi connectivity index (χ2v) is 7.32. The molecule has 0 aliphatic carbocycles. The number of hydrogen-bond acceptors (Lipinski definition) is 6. The Hall–Kier alpha value is -3.00. The van der Waals surface area contributed by atoms with E-state index in [9.17, 15) is 4.79 Å². The third kappa shape index (κ3) is 4.12. The SMILES string of the molecule is COc1ccccc1NC(=O)[C@H](C)Sc1nnc(-c2ccccc2OC)n1C. The normalized spacial score (nSPS) is 11.7. The fraction of sp³-hybridized carbons (Fsp3) is 0.250. The first-order valence-corrected chi connectivity index (χ1v) is 9.56. The first-order valence-electron chi connectivity index (χ1n) is 8.68. The van der Waals surface area contributed by atoms with E-state index < -0.39 is 0 Å². The fourth-order valence-corrected chi connectivity index (χ4v) is 3.49. The highest BCUT2D eigenvalue weighted by Gasteiger charge is 2.21. The van der Waals surface area contributed by atoms with Crippen LogP contribution in [0.3, 0.4) is 0 Å². The van der Waals surface area contributed by atoms with Crippen molar-refractivity contribution in [1.29, 1.82) is 0 Å². The molecule has 146 valence electrons. The average molecular weight is 398 g/mol. The predicted octanol–water partition coefficient (Wildman–Crippen LogP) is 3.62. The van der Waals surface area contributed by atoms with Crippen LogP contribution in [0, 0.1) is 0 Å². The zero-order valence-corrected chi connectivity index (χ0v) is 17.0. The Bertz CT molecular complexity index is 974. The quantitative estimate of drug-likeness (QED) is 0.613. The average Bonchev–Trinajstić information content (AvgIpc) is 3.08. The first kappa shape index (κ1) is 19.8. The summed E-state index contributed by atoms with van der Waals surface area (Å²) in [7, 11) is 5.06. The van der Waals surface area contributed by atoms with Crippen LogP contribution in [-0.4, -0.2) is 40.1 Å². The number of rotatable bonds is 7. The summed E-state index contributed by atoms with van der Waals surface area (Å²) in [6, 6.07) is 14.9. The van der Waals surface area contributed by atoms with Crippen molar-refractivity contribution < 1.29 is 14.3 Å². The number of carbonyl (C=O) groups excluding carboxylic acids is 1. The molecular weight excluding hydrogens is 376 g/mol. The monoisotopic (exact) mass is 398 g/mol. The Kier molecular flexibility index (Phi) is 6.20. The summed E-state index contributed by atoms with van der Waals surface area (Å²) in [5.41, 5.74) is 1.48. The minimum atomic E-state index is -0.377. The van der Waals surface area contributed by atoms with Crippen molar-refractivity contribution in [2.24, 2.45) is 7.05 Å². The van der Waals surface area contributed by atoms with Crippen molar-refractivity contribution in [2.45, 2.75) is 17.3 Å². The van der Waals surface area contributed by atoms with E-state index in [0.29, 0.717) is 22.4 Å². The van der Waals surface area contributed by atoms with Crippen molar-refractivity contribution in [1.82, 2.24) is 14.8 Å². The molecule has 0 aliphatic heterocycles. The molecule has 1 atom stereocenters. The number of nitrogens with one attached hydrogen (secondary N) is 1. The number of thioether (sulfide) groups is 1. The molecule has 0 unspecified atom stereocenters. The summed E-state index contributed by atoms with van der Waals surface area (Å²) in [6.07, 6.45) is 0. The van der Waals surface area contributed by atoms with Crippen LogP contribution in [0.5, 0.6) is 11.5 Å². The minimum absolute atomic E-state index is 0.142. The molecule has 0 saturated carbocycles. The molecule has 3 rings (SSSR count). The third-order valence-electron chi connectivity index (χ3n) is 4.20. The molecule has 0 bridgehead atoms. The molecule has 0 radical (unpaired) electrons. The second kappa shape index (κ2) is 8.79. The van der Waals surface area contributed by atoms with E-state index in [2.05, 4.69) is 15.5 Å². The third-order valence-corrected chi connectivity index (χ3v) is 5.33. The standard InChI is InChI=1S/C20H22N4O3S/c1-13(19(25)21-15-10-6-8-12-17(15)27-4)28-20-23-22-18(24(20)2)14-9-5-7-11-16(14)26-3/h5-13H,1-4H3,(H,21,25)/t13-/m0/s1. The number of para-hydroxylation sites is 3. The maximum atomic E-state index is 12.6. The highest BCUT2D eigenvalue weighted by molar-refractivity contribution is 8.00. The lowest BCUT2D eigenvalue weighted by molar-refractivity contribution is -0.115. The molecule has 1 amide bonds. The van der Waals surface area contributed by atoms with Gasteiger partial charge in [-0.25, -0.2) is 0 Å². The molecule has 0 fully saturated rings. The van der Waals surface area contributed by atoms with Gasteiger partial charge in [-0.3, -0.25) is 4.79 Å². The van der Waals surface area contributed by atoms with E-state index in [4.69, 9.17) is 9.47 Å². The van der Waals surface area contributed by atoms with Crippen molar-refractivity contribution in [3.8, 4) is 22.9 Å². The highest BCUT2D eigenvalue weighted by Crippen LogP contribution is 2.31. The van der Waals surface area contributed by atoms with E-state index in [1.54, 1.807) is 26.4 Å². The van der Waals surface area contributed by atoms with Crippen molar-refractivity contribution in [3.05, 3.63) is 48.5 Å². The smallest absolute Gasteiger partial charge is 0.237 e. The topological polar surface area (TPSA) is 78.3 Å². The lowest BCUT2D eigenvalue weighted by atomic mass is 10.2. The lowest BCUT2D eigenvalue weighted by Gasteiger charge is -2.14. The summed E-state index contributed by atoms with van der Waals surface area (Å²) in [6.45, 7) is 1.83. The number of amides is 1. The summed E-state index contributed by atoms with van der Waals surface area (Å²) < 4.78 is 12.5. The molecule has 8 heteroatoms. The molecule has 7 nitrogen and oxygen atoms in total. The number of carbonyl (C=O) groups is 1. The Morgan fingerprint density at radius 3 is 2.39 bits per heavy atom. The highest BCUT2D eigenvalue weighted by atomic mass is 32.2. The zero-order chi connectivity index (χ0) is 20.1. The Labute approximate surface area is 168 Å². The van der Waals surface area contributed by atoms with E-state index in [1.165, 1.54) is 11.8 Å². The van der Waals surface area contributed by atoms with Crippen LogP contribution in [0.1, 0.15) is 6.92 Å². The molecule has 1 N–H and O–H groups in total. The van der Waals surface area contributed by atoms with Crippen LogP contribution in [0.15, 0.2) is 53.7 Å². The van der Waals surface area contributed by atoms with Gasteiger partial charge in [0, 0.05) is 7.05 Å². The van der Waals surface area contributed by atoms with Crippen LogP contribution in [0.2, 0.25) is 0 Å². The van der Waals surface area contributed by atoms with Crippen molar-refractivity contribution in [2.75, 3.05) is 19.5 Å². The number of ether oxygens (including phenoxy) is 2. The van der Waals surface area contributed by atoms with Crippen LogP contribution >= 0.6 is 11.8 Å². The Morgan fingerprint density at radius 1 is 1.04 bits per heavy atom. The maximum absolute atomic E-state index is 12.6. The number of anilines is 1. The van der Waals surface area contributed by atoms with Crippen LogP contribution in [-0.2, 0) is 11.8 Å². The maximum Gasteiger partial charge on any atom is 0.237 e. The second-order valence-electron chi connectivity index (χ2n) is 6.02. The summed E-state index contributed by atoms with van der Waals surface area (Å²) >= 11 is 1.34. The molecule has 3 aromatic rings. The van der Waals surface area contributed by atoms with Crippen LogP contribution in [0.4, 0.5) is 5.69 Å². The molecule has 0 saturated heterocycles. The molecule has 28 heavy (non-hydrogen) atoms. The van der Waals surface area contributed by atoms with Gasteiger partial charge < -0.3 is 19.4 Å². The van der Waals surface area contributed by atoms with Crippen LogP contribution in [0.25, 0.3) is 11.4 Å². The molecule has 0 aliphatic rings. The summed E-state index contributed by atoms with van der Waals surface area (Å²) in [5.74, 6) is 1.87. The summed E-state index contributed by atoms with van der Waals surface area (Å²) in [4.78, 5) is 12.6. The Morgan fingerprint density at radius 2 is 1.68 bits per heavy atom. The molecular formula is C20H22N4O3S. The largest absolute Gasteiger partial charge is 0.496 e. The number of nitrogens with zero attached hydrogens (tertiary/aromatic N) is 3. The van der Waals surface area contributed by atoms with Crippen molar-refractivity contribution >= 4 is 23.4 Å². The minimum Gasteiger partial charge on any atom is -0.496 e.